The fourth-order valence-electron chi connectivity index (χ4n) is 5.14. The average Bonchev–Trinajstić information content (AvgIpc) is 3.57. The van der Waals surface area contributed by atoms with Gasteiger partial charge in [0.15, 0.2) is 0 Å². The molecule has 0 aliphatic carbocycles. The number of fused-ring (bicyclic) bond motifs is 6. The standard InChI is InChI=1S/C16H17N.C14H13N.4C2H6.2CH4/c1-3-12-8-7-10-14-13-9-5-6-11-15(13)17(4-2)16(12)14;1-2-15-13-9-5-3-7-11(13)12-8-4-6-10-14(12)15;4*1-2;;/h5-11H,3-4H2,1-2H3;3-10H,2H2,1H3;4*1-2H3;2*1H4. The predicted octanol–water partition coefficient (Wildman–Crippen LogP) is 13.6. The molecule has 0 radical (unpaired) electrons. The largest absolute Gasteiger partial charge is 0.341 e. The molecule has 6 aromatic rings. The van der Waals surface area contributed by atoms with Crippen molar-refractivity contribution in [3.63, 3.8) is 0 Å². The maximum atomic E-state index is 2.43. The molecular weight excluding hydrogens is 508 g/mol. The number of benzene rings is 4. The average molecular weight is 571 g/mol. The number of aryl methyl sites for hydroxylation is 3. The highest BCUT2D eigenvalue weighted by molar-refractivity contribution is 6.09. The van der Waals surface area contributed by atoms with Crippen LogP contribution in [-0.4, -0.2) is 9.13 Å². The Morgan fingerprint density at radius 3 is 1.12 bits per heavy atom. The van der Waals surface area contributed by atoms with E-state index in [4.69, 9.17) is 0 Å². The van der Waals surface area contributed by atoms with Gasteiger partial charge >= 0.3 is 0 Å². The van der Waals surface area contributed by atoms with Gasteiger partial charge in [0.05, 0.1) is 5.52 Å². The van der Waals surface area contributed by atoms with Gasteiger partial charge in [-0.15, -0.1) is 0 Å². The van der Waals surface area contributed by atoms with Crippen molar-refractivity contribution >= 4 is 43.6 Å². The van der Waals surface area contributed by atoms with Gasteiger partial charge in [0.1, 0.15) is 0 Å². The number of hydrogen-bond donors (Lipinski definition) is 0. The molecule has 0 saturated heterocycles. The Morgan fingerprint density at radius 1 is 0.405 bits per heavy atom. The highest BCUT2D eigenvalue weighted by Crippen LogP contribution is 2.31. The lowest BCUT2D eigenvalue weighted by Gasteiger charge is -2.06. The lowest BCUT2D eigenvalue weighted by Crippen LogP contribution is -1.95. The first kappa shape index (κ1) is 40.6. The van der Waals surface area contributed by atoms with Gasteiger partial charge in [-0.05, 0) is 44.0 Å². The lowest BCUT2D eigenvalue weighted by molar-refractivity contribution is 0.822. The Kier molecular flexibility index (Phi) is 21.4. The molecule has 0 atom stereocenters. The summed E-state index contributed by atoms with van der Waals surface area (Å²) in [5, 5.41) is 5.48. The van der Waals surface area contributed by atoms with Crippen LogP contribution < -0.4 is 0 Å². The summed E-state index contributed by atoms with van der Waals surface area (Å²) in [7, 11) is 0. The molecule has 0 fully saturated rings. The Labute approximate surface area is 259 Å². The molecule has 2 heterocycles. The molecule has 4 aromatic carbocycles. The van der Waals surface area contributed by atoms with E-state index in [0.29, 0.717) is 0 Å². The van der Waals surface area contributed by atoms with Crippen LogP contribution in [0.5, 0.6) is 0 Å². The van der Waals surface area contributed by atoms with Gasteiger partial charge in [-0.3, -0.25) is 0 Å². The van der Waals surface area contributed by atoms with Gasteiger partial charge in [0, 0.05) is 51.2 Å². The van der Waals surface area contributed by atoms with Crippen molar-refractivity contribution in [2.24, 2.45) is 0 Å². The fraction of sp³-hybridized carbons (Fsp3) is 0.400. The van der Waals surface area contributed by atoms with Crippen LogP contribution in [0.3, 0.4) is 0 Å². The monoisotopic (exact) mass is 570 g/mol. The van der Waals surface area contributed by atoms with Gasteiger partial charge in [-0.25, -0.2) is 0 Å². The summed E-state index contributed by atoms with van der Waals surface area (Å²) in [6.45, 7) is 24.7. The molecule has 0 spiro atoms. The third kappa shape index (κ3) is 8.51. The van der Waals surface area contributed by atoms with Crippen LogP contribution in [0.2, 0.25) is 0 Å². The zero-order valence-corrected chi connectivity index (χ0v) is 27.2. The minimum atomic E-state index is 0. The lowest BCUT2D eigenvalue weighted by atomic mass is 10.1. The predicted molar refractivity (Wildman–Crippen MR) is 198 cm³/mol. The number of nitrogens with zero attached hydrogens (tertiary/aromatic N) is 2. The second kappa shape index (κ2) is 22.1. The fourth-order valence-corrected chi connectivity index (χ4v) is 5.14. The van der Waals surface area contributed by atoms with Crippen molar-refractivity contribution in [2.45, 2.75) is 111 Å². The van der Waals surface area contributed by atoms with Crippen molar-refractivity contribution in [3.05, 3.63) is 96.6 Å². The van der Waals surface area contributed by atoms with Crippen LogP contribution >= 0.6 is 0 Å². The van der Waals surface area contributed by atoms with E-state index in [1.54, 1.807) is 0 Å². The Morgan fingerprint density at radius 2 is 0.738 bits per heavy atom. The van der Waals surface area contributed by atoms with Gasteiger partial charge in [-0.1, -0.05) is 150 Å². The van der Waals surface area contributed by atoms with Crippen LogP contribution in [0.15, 0.2) is 91.0 Å². The Hall–Kier alpha value is -3.52. The van der Waals surface area contributed by atoms with Crippen LogP contribution in [-0.2, 0) is 19.5 Å². The summed E-state index contributed by atoms with van der Waals surface area (Å²) >= 11 is 0. The summed E-state index contributed by atoms with van der Waals surface area (Å²) < 4.78 is 4.80. The number of hydrogen-bond acceptors (Lipinski definition) is 0. The highest BCUT2D eigenvalue weighted by Gasteiger charge is 2.11. The van der Waals surface area contributed by atoms with E-state index in [0.717, 1.165) is 19.5 Å². The molecule has 0 aliphatic heterocycles. The van der Waals surface area contributed by atoms with Gasteiger partial charge in [0.25, 0.3) is 0 Å². The van der Waals surface area contributed by atoms with E-state index in [9.17, 15) is 0 Å². The molecule has 6 rings (SSSR count). The second-order valence-corrected chi connectivity index (χ2v) is 8.21. The van der Waals surface area contributed by atoms with E-state index in [1.165, 1.54) is 49.2 Å². The number of rotatable bonds is 3. The third-order valence-electron chi connectivity index (χ3n) is 6.57. The molecule has 0 aliphatic rings. The van der Waals surface area contributed by atoms with Crippen LogP contribution in [0.1, 0.15) is 96.6 Å². The minimum absolute atomic E-state index is 0. The Bertz CT molecular complexity index is 1480. The minimum Gasteiger partial charge on any atom is -0.341 e. The quantitative estimate of drug-likeness (QED) is 0.200. The van der Waals surface area contributed by atoms with Gasteiger partial charge in [-0.2, -0.15) is 0 Å². The maximum absolute atomic E-state index is 2.43. The van der Waals surface area contributed by atoms with Crippen LogP contribution in [0.25, 0.3) is 43.6 Å². The van der Waals surface area contributed by atoms with E-state index in [1.807, 2.05) is 55.4 Å². The molecular formula is C40H62N2. The molecule has 2 heteroatoms. The first-order chi connectivity index (χ1) is 19.8. The maximum Gasteiger partial charge on any atom is 0.0523 e. The summed E-state index contributed by atoms with van der Waals surface area (Å²) in [6.07, 6.45) is 1.09. The van der Waals surface area contributed by atoms with Crippen LogP contribution in [0, 0.1) is 0 Å². The van der Waals surface area contributed by atoms with Crippen molar-refractivity contribution in [3.8, 4) is 0 Å². The van der Waals surface area contributed by atoms with Crippen molar-refractivity contribution in [1.29, 1.82) is 0 Å². The van der Waals surface area contributed by atoms with E-state index < -0.39 is 0 Å². The first-order valence-corrected chi connectivity index (χ1v) is 15.7. The molecule has 0 amide bonds. The van der Waals surface area contributed by atoms with Crippen molar-refractivity contribution < 1.29 is 0 Å². The van der Waals surface area contributed by atoms with E-state index in [-0.39, 0.29) is 14.9 Å². The zero-order valence-electron chi connectivity index (χ0n) is 27.2. The molecule has 2 nitrogen and oxygen atoms in total. The van der Waals surface area contributed by atoms with Crippen molar-refractivity contribution in [2.75, 3.05) is 0 Å². The number of aromatic nitrogens is 2. The smallest absolute Gasteiger partial charge is 0.0523 e. The first-order valence-electron chi connectivity index (χ1n) is 15.7. The molecule has 2 aromatic heterocycles. The normalized spacial score (nSPS) is 9.21. The van der Waals surface area contributed by atoms with Crippen molar-refractivity contribution in [1.82, 2.24) is 9.13 Å². The summed E-state index contributed by atoms with van der Waals surface area (Å²) in [5.41, 5.74) is 6.88. The zero-order chi connectivity index (χ0) is 30.1. The molecule has 0 saturated carbocycles. The number of para-hydroxylation sites is 4. The summed E-state index contributed by atoms with van der Waals surface area (Å²) in [6, 6.07) is 32.6. The Balaban J connectivity index is 0. The molecule has 232 valence electrons. The second-order valence-electron chi connectivity index (χ2n) is 8.21. The van der Waals surface area contributed by atoms with Crippen LogP contribution in [0.4, 0.5) is 0 Å². The van der Waals surface area contributed by atoms with E-state index >= 15 is 0 Å². The van der Waals surface area contributed by atoms with E-state index in [2.05, 4.69) is 121 Å². The summed E-state index contributed by atoms with van der Waals surface area (Å²) in [5.74, 6) is 0. The molecule has 0 N–H and O–H groups in total. The molecule has 0 bridgehead atoms. The SMILES string of the molecule is C.C.CC.CC.CC.CC.CCc1cccc2c3ccccc3n(CC)c12.CCn1c2ccccc2c2ccccc21. The van der Waals surface area contributed by atoms with Gasteiger partial charge < -0.3 is 9.13 Å². The third-order valence-corrected chi connectivity index (χ3v) is 6.57. The molecule has 0 unspecified atom stereocenters. The summed E-state index contributed by atoms with van der Waals surface area (Å²) in [4.78, 5) is 0. The highest BCUT2D eigenvalue weighted by atomic mass is 15.0. The topological polar surface area (TPSA) is 9.86 Å². The van der Waals surface area contributed by atoms with Gasteiger partial charge in [0.2, 0.25) is 0 Å². The molecule has 42 heavy (non-hydrogen) atoms.